The highest BCUT2D eigenvalue weighted by molar-refractivity contribution is 6.03. The van der Waals surface area contributed by atoms with Crippen molar-refractivity contribution in [3.05, 3.63) is 212 Å². The van der Waals surface area contributed by atoms with E-state index in [9.17, 15) is 0 Å². The summed E-state index contributed by atoms with van der Waals surface area (Å²) in [6.07, 6.45) is 9.58. The van der Waals surface area contributed by atoms with Crippen LogP contribution in [-0.4, -0.2) is 6.04 Å². The number of ether oxygens (including phenoxy) is 3. The highest BCUT2D eigenvalue weighted by Crippen LogP contribution is 2.69. The summed E-state index contributed by atoms with van der Waals surface area (Å²) in [5.74, 6) is 4.12. The van der Waals surface area contributed by atoms with Gasteiger partial charge in [0.1, 0.15) is 17.1 Å². The molecule has 0 fully saturated rings. The van der Waals surface area contributed by atoms with E-state index in [2.05, 4.69) is 208 Å². The number of hydrogen-bond donors (Lipinski definition) is 0. The molecular weight excluding hydrogens is 753 g/mol. The van der Waals surface area contributed by atoms with Gasteiger partial charge >= 0.3 is 0 Å². The van der Waals surface area contributed by atoms with Crippen LogP contribution in [0.1, 0.15) is 6.42 Å². The normalized spacial score (nSPS) is 14.6. The van der Waals surface area contributed by atoms with Gasteiger partial charge in [-0.15, -0.1) is 0 Å². The van der Waals surface area contributed by atoms with Crippen LogP contribution in [0.4, 0.5) is 62.6 Å². The first-order valence-corrected chi connectivity index (χ1v) is 20.6. The van der Waals surface area contributed by atoms with Crippen molar-refractivity contribution < 1.29 is 14.2 Å². The van der Waals surface area contributed by atoms with E-state index in [1.807, 2.05) is 24.3 Å². The van der Waals surface area contributed by atoms with Crippen molar-refractivity contribution >= 4 is 62.6 Å². The Hall–Kier alpha value is -8.16. The van der Waals surface area contributed by atoms with E-state index >= 15 is 0 Å². The second kappa shape index (κ2) is 14.3. The molecule has 61 heavy (non-hydrogen) atoms. The Bertz CT molecular complexity index is 2750. The topological polar surface area (TPSA) is 40.7 Å². The van der Waals surface area contributed by atoms with Crippen LogP contribution < -0.4 is 33.8 Å². The van der Waals surface area contributed by atoms with Crippen LogP contribution in [0.5, 0.6) is 34.5 Å². The summed E-state index contributed by atoms with van der Waals surface area (Å²) >= 11 is 0. The Kier molecular flexibility index (Phi) is 8.16. The minimum atomic E-state index is 0.0832. The zero-order chi connectivity index (χ0) is 40.3. The number of benzene rings is 8. The summed E-state index contributed by atoms with van der Waals surface area (Å²) in [6, 6.07) is 65.1. The van der Waals surface area contributed by atoms with E-state index in [1.165, 1.54) is 0 Å². The molecule has 0 amide bonds. The molecule has 0 aromatic heterocycles. The molecule has 292 valence electrons. The lowest BCUT2D eigenvalue weighted by atomic mass is 10.0. The van der Waals surface area contributed by atoms with Crippen LogP contribution in [0.3, 0.4) is 0 Å². The van der Waals surface area contributed by atoms with Gasteiger partial charge in [0, 0.05) is 70.5 Å². The maximum absolute atomic E-state index is 7.11. The molecule has 3 heterocycles. The molecule has 12 rings (SSSR count). The molecule has 0 bridgehead atoms. The van der Waals surface area contributed by atoms with Gasteiger partial charge in [-0.3, -0.25) is 4.90 Å². The molecule has 7 heteroatoms. The highest BCUT2D eigenvalue weighted by atomic mass is 16.5. The Labute approximate surface area is 354 Å². The largest absolute Gasteiger partial charge is 0.452 e. The molecule has 0 radical (unpaired) electrons. The van der Waals surface area contributed by atoms with E-state index in [4.69, 9.17) is 14.2 Å². The van der Waals surface area contributed by atoms with Crippen molar-refractivity contribution in [2.24, 2.45) is 0 Å². The van der Waals surface area contributed by atoms with Crippen LogP contribution in [0.15, 0.2) is 212 Å². The van der Waals surface area contributed by atoms with Crippen LogP contribution >= 0.6 is 0 Å². The van der Waals surface area contributed by atoms with Crippen molar-refractivity contribution in [3.63, 3.8) is 0 Å². The molecule has 0 spiro atoms. The maximum Gasteiger partial charge on any atom is 0.157 e. The predicted octanol–water partition coefficient (Wildman–Crippen LogP) is 15.4. The van der Waals surface area contributed by atoms with Gasteiger partial charge in [0.25, 0.3) is 0 Å². The summed E-state index contributed by atoms with van der Waals surface area (Å²) in [7, 11) is 0. The van der Waals surface area contributed by atoms with E-state index in [0.29, 0.717) is 34.5 Å². The van der Waals surface area contributed by atoms with Crippen molar-refractivity contribution in [3.8, 4) is 34.5 Å². The van der Waals surface area contributed by atoms with Gasteiger partial charge in [0.2, 0.25) is 0 Å². The summed E-state index contributed by atoms with van der Waals surface area (Å²) in [5.41, 5.74) is 10.4. The zero-order valence-corrected chi connectivity index (χ0v) is 33.0. The van der Waals surface area contributed by atoms with Crippen molar-refractivity contribution in [1.82, 2.24) is 0 Å². The van der Waals surface area contributed by atoms with E-state index in [-0.39, 0.29) is 6.04 Å². The van der Waals surface area contributed by atoms with Crippen LogP contribution in [-0.2, 0) is 0 Å². The molecule has 8 aromatic rings. The molecule has 0 N–H and O–H groups in total. The molecule has 0 saturated carbocycles. The third kappa shape index (κ3) is 5.89. The van der Waals surface area contributed by atoms with Gasteiger partial charge < -0.3 is 28.9 Å². The molecule has 3 aliphatic heterocycles. The van der Waals surface area contributed by atoms with E-state index in [0.717, 1.165) is 69.0 Å². The second-order valence-corrected chi connectivity index (χ2v) is 15.3. The lowest BCUT2D eigenvalue weighted by Crippen LogP contribution is -2.30. The third-order valence-corrected chi connectivity index (χ3v) is 11.6. The number of hydrogen-bond acceptors (Lipinski definition) is 7. The molecule has 1 atom stereocenters. The van der Waals surface area contributed by atoms with Crippen LogP contribution in [0.25, 0.3) is 0 Å². The first-order valence-electron chi connectivity index (χ1n) is 20.6. The molecule has 1 unspecified atom stereocenters. The Morgan fingerprint density at radius 1 is 0.361 bits per heavy atom. The molecule has 4 aliphatic rings. The van der Waals surface area contributed by atoms with Crippen molar-refractivity contribution in [2.75, 3.05) is 19.6 Å². The van der Waals surface area contributed by atoms with Crippen LogP contribution in [0.2, 0.25) is 0 Å². The monoisotopic (exact) mass is 790 g/mol. The molecule has 0 saturated heterocycles. The van der Waals surface area contributed by atoms with E-state index in [1.54, 1.807) is 0 Å². The summed E-state index contributed by atoms with van der Waals surface area (Å²) in [6.45, 7) is 0. The lowest BCUT2D eigenvalue weighted by Gasteiger charge is -2.43. The standard InChI is InChI=1S/C54H38N4O3/c1-7-19-37(20-8-1)55(38-21-9-2-10-22-38)43-31-46-52-47(32-43)60-49-34-45(57(41-27-15-5-16-28-41)42-29-17-6-18-30-42)36-51-54(49)58(52)53-48(59-46)33-44(35-50(53)61-51)56(39-23-11-3-12-24-39)40-25-13-4-14-26-40/h1-29,31-36,42H,30H2. The average molecular weight is 791 g/mol. The van der Waals surface area contributed by atoms with E-state index < -0.39 is 0 Å². The summed E-state index contributed by atoms with van der Waals surface area (Å²) in [4.78, 5) is 9.14. The number of allylic oxidation sites excluding steroid dienone is 2. The smallest absolute Gasteiger partial charge is 0.157 e. The van der Waals surface area contributed by atoms with Crippen molar-refractivity contribution in [1.29, 1.82) is 0 Å². The first-order chi connectivity index (χ1) is 30.2. The minimum Gasteiger partial charge on any atom is -0.452 e. The van der Waals surface area contributed by atoms with Gasteiger partial charge in [-0.1, -0.05) is 115 Å². The Morgan fingerprint density at radius 3 is 1.02 bits per heavy atom. The first kappa shape index (κ1) is 34.8. The fourth-order valence-corrected chi connectivity index (χ4v) is 9.00. The Morgan fingerprint density at radius 2 is 0.689 bits per heavy atom. The number of anilines is 11. The number of nitrogens with zero attached hydrogens (tertiary/aromatic N) is 4. The van der Waals surface area contributed by atoms with Gasteiger partial charge in [-0.2, -0.15) is 0 Å². The molecule has 1 aliphatic carbocycles. The fraction of sp³-hybridized carbons (Fsp3) is 0.0370. The van der Waals surface area contributed by atoms with Gasteiger partial charge in [-0.05, 0) is 67.1 Å². The van der Waals surface area contributed by atoms with Gasteiger partial charge in [-0.25, -0.2) is 0 Å². The second-order valence-electron chi connectivity index (χ2n) is 15.3. The van der Waals surface area contributed by atoms with Crippen LogP contribution in [0, 0.1) is 0 Å². The van der Waals surface area contributed by atoms with Crippen molar-refractivity contribution in [2.45, 2.75) is 12.5 Å². The Balaban J connectivity index is 1.09. The summed E-state index contributed by atoms with van der Waals surface area (Å²) < 4.78 is 21.3. The zero-order valence-electron chi connectivity index (χ0n) is 33.0. The minimum absolute atomic E-state index is 0.0832. The highest BCUT2D eigenvalue weighted by Gasteiger charge is 2.43. The predicted molar refractivity (Wildman–Crippen MR) is 246 cm³/mol. The molecule has 7 nitrogen and oxygen atoms in total. The average Bonchev–Trinajstić information content (AvgIpc) is 3.31. The third-order valence-electron chi connectivity index (χ3n) is 11.6. The van der Waals surface area contributed by atoms with Gasteiger partial charge in [0.05, 0.1) is 17.4 Å². The molecule has 8 aromatic carbocycles. The number of rotatable bonds is 9. The fourth-order valence-electron chi connectivity index (χ4n) is 9.00. The SMILES string of the molecule is C1=CCC(N(c2ccccc2)c2cc3c4c(c2)Oc2cc(N(c5ccccc5)c5ccccc5)cc5c2N4c2c(cc(N(c4ccccc4)c4ccccc4)cc2O3)O5)C=C1. The lowest BCUT2D eigenvalue weighted by molar-refractivity contribution is 0.418. The summed E-state index contributed by atoms with van der Waals surface area (Å²) in [5, 5.41) is 0. The molecular formula is C54H38N4O3. The van der Waals surface area contributed by atoms with Gasteiger partial charge in [0.15, 0.2) is 34.5 Å². The number of para-hydroxylation sites is 5. The maximum atomic E-state index is 7.11. The quantitative estimate of drug-likeness (QED) is 0.144.